The minimum atomic E-state index is -1.52. The molecule has 2 heterocycles. The zero-order valence-corrected chi connectivity index (χ0v) is 25.2. The van der Waals surface area contributed by atoms with Gasteiger partial charge in [0.1, 0.15) is 5.82 Å². The number of tetrazole rings is 1. The molecule has 2 unspecified atom stereocenters. The van der Waals surface area contributed by atoms with Gasteiger partial charge in [-0.1, -0.05) is 54.1 Å². The van der Waals surface area contributed by atoms with Gasteiger partial charge >= 0.3 is 6.09 Å². The Morgan fingerprint density at radius 2 is 1.91 bits per heavy atom. The van der Waals surface area contributed by atoms with Crippen molar-refractivity contribution in [2.24, 2.45) is 5.92 Å². The van der Waals surface area contributed by atoms with Crippen molar-refractivity contribution in [2.45, 2.75) is 51.3 Å². The molecule has 45 heavy (non-hydrogen) atoms. The third-order valence-corrected chi connectivity index (χ3v) is 8.39. The van der Waals surface area contributed by atoms with Crippen molar-refractivity contribution in [3.8, 4) is 11.1 Å². The van der Waals surface area contributed by atoms with Gasteiger partial charge in [0.05, 0.1) is 12.1 Å². The Bertz CT molecular complexity index is 1600. The molecule has 2 atom stereocenters. The molecule has 5 N–H and O–H groups in total. The monoisotopic (exact) mass is 615 g/mol. The molecule has 0 spiro atoms. The van der Waals surface area contributed by atoms with Crippen LogP contribution in [0.4, 0.5) is 9.18 Å². The van der Waals surface area contributed by atoms with E-state index in [2.05, 4.69) is 31.3 Å². The fourth-order valence-corrected chi connectivity index (χ4v) is 6.17. The molecular formula is C33H38FN7O4. The number of carbonyl (C=O) groups is 2. The number of aryl methyl sites for hydroxylation is 1. The smallest absolute Gasteiger partial charge is 0.404 e. The number of nitrogens with one attached hydrogen (secondary N) is 3. The van der Waals surface area contributed by atoms with Gasteiger partial charge < -0.3 is 25.7 Å². The Balaban J connectivity index is 1.37. The van der Waals surface area contributed by atoms with Gasteiger partial charge in [0.15, 0.2) is 5.82 Å². The van der Waals surface area contributed by atoms with Crippen LogP contribution in [0.1, 0.15) is 58.6 Å². The number of rotatable bonds is 12. The van der Waals surface area contributed by atoms with E-state index < -0.39 is 23.4 Å². The van der Waals surface area contributed by atoms with Gasteiger partial charge in [0.25, 0.3) is 5.91 Å². The topological polar surface area (TPSA) is 156 Å². The summed E-state index contributed by atoms with van der Waals surface area (Å²) in [5, 5.41) is 40.9. The average Bonchev–Trinajstić information content (AvgIpc) is 3.56. The molecular weight excluding hydrogens is 577 g/mol. The standard InChI is InChI=1S/C33H38FN7O4/c1-22-6-2-7-25(18-22)30-27(9-3-10-28(30)34)33(45,15-5-16-36-32(43)44)26-8-4-17-41(21-26)31(42)24-13-11-23(12-14-24)19-35-20-29-37-39-40-38-29/h2-3,6-7,9-14,18,26,35-36,45H,4-5,8,15-17,19-21H2,1H3,(H,43,44)(H,37,38,39,40). The van der Waals surface area contributed by atoms with Crippen LogP contribution >= 0.6 is 0 Å². The van der Waals surface area contributed by atoms with Gasteiger partial charge in [0, 0.05) is 43.2 Å². The van der Waals surface area contributed by atoms with E-state index in [1.54, 1.807) is 29.2 Å². The predicted molar refractivity (Wildman–Crippen MR) is 166 cm³/mol. The van der Waals surface area contributed by atoms with Crippen LogP contribution < -0.4 is 10.6 Å². The highest BCUT2D eigenvalue weighted by Gasteiger charge is 2.43. The molecule has 1 saturated heterocycles. The van der Waals surface area contributed by atoms with Crippen LogP contribution in [0.15, 0.2) is 66.7 Å². The number of H-pyrrole nitrogens is 1. The highest BCUT2D eigenvalue weighted by Crippen LogP contribution is 2.44. The number of amides is 2. The number of halogens is 1. The second kappa shape index (κ2) is 14.4. The van der Waals surface area contributed by atoms with Gasteiger partial charge in [0.2, 0.25) is 0 Å². The molecule has 0 radical (unpaired) electrons. The maximum Gasteiger partial charge on any atom is 0.404 e. The lowest BCUT2D eigenvalue weighted by atomic mass is 9.72. The molecule has 1 aromatic heterocycles. The normalized spacial score (nSPS) is 16.2. The summed E-state index contributed by atoms with van der Waals surface area (Å²) in [4.78, 5) is 26.5. The predicted octanol–water partition coefficient (Wildman–Crippen LogP) is 4.39. The first-order chi connectivity index (χ1) is 21.7. The number of aliphatic hydroxyl groups is 1. The summed E-state index contributed by atoms with van der Waals surface area (Å²) in [6.07, 6.45) is 0.669. The quantitative estimate of drug-likeness (QED) is 0.147. The van der Waals surface area contributed by atoms with Gasteiger partial charge in [-0.25, -0.2) is 14.3 Å². The molecule has 0 aliphatic carbocycles. The fraction of sp³-hybridized carbons (Fsp3) is 0.364. The van der Waals surface area contributed by atoms with Crippen molar-refractivity contribution >= 4 is 12.0 Å². The first-order valence-electron chi connectivity index (χ1n) is 15.1. The van der Waals surface area contributed by atoms with Crippen LogP contribution in [0.5, 0.6) is 0 Å². The molecule has 0 bridgehead atoms. The Morgan fingerprint density at radius 1 is 1.11 bits per heavy atom. The van der Waals surface area contributed by atoms with E-state index in [1.807, 2.05) is 43.3 Å². The summed E-state index contributed by atoms with van der Waals surface area (Å²) in [6.45, 7) is 3.93. The highest BCUT2D eigenvalue weighted by molar-refractivity contribution is 5.94. The lowest BCUT2D eigenvalue weighted by molar-refractivity contribution is -0.0564. The van der Waals surface area contributed by atoms with Crippen molar-refractivity contribution in [1.82, 2.24) is 36.2 Å². The van der Waals surface area contributed by atoms with Crippen LogP contribution in [0.3, 0.4) is 0 Å². The van der Waals surface area contributed by atoms with Crippen molar-refractivity contribution < 1.29 is 24.2 Å². The first kappa shape index (κ1) is 31.7. The van der Waals surface area contributed by atoms with Crippen molar-refractivity contribution in [3.05, 3.63) is 101 Å². The lowest BCUT2D eigenvalue weighted by Crippen LogP contribution is -2.48. The van der Waals surface area contributed by atoms with Crippen LogP contribution in [0.2, 0.25) is 0 Å². The fourth-order valence-electron chi connectivity index (χ4n) is 6.17. The van der Waals surface area contributed by atoms with Crippen LogP contribution in [0.25, 0.3) is 11.1 Å². The SMILES string of the molecule is Cc1cccc(-c2c(F)cccc2C(O)(CCCNC(=O)O)C2CCCN(C(=O)c3ccc(CNCc4nnn[nH]4)cc3)C2)c1. The van der Waals surface area contributed by atoms with E-state index in [9.17, 15) is 14.7 Å². The molecule has 11 nitrogen and oxygen atoms in total. The average molecular weight is 616 g/mol. The van der Waals surface area contributed by atoms with Crippen LogP contribution in [-0.4, -0.2) is 67.4 Å². The van der Waals surface area contributed by atoms with Gasteiger partial charge in [-0.05, 0) is 77.9 Å². The first-order valence-corrected chi connectivity index (χ1v) is 15.1. The molecule has 12 heteroatoms. The highest BCUT2D eigenvalue weighted by atomic mass is 19.1. The summed E-state index contributed by atoms with van der Waals surface area (Å²) >= 11 is 0. The summed E-state index contributed by atoms with van der Waals surface area (Å²) in [6, 6.07) is 19.6. The van der Waals surface area contributed by atoms with E-state index in [-0.39, 0.29) is 25.4 Å². The van der Waals surface area contributed by atoms with Gasteiger partial charge in [-0.15, -0.1) is 5.10 Å². The lowest BCUT2D eigenvalue weighted by Gasteiger charge is -2.43. The van der Waals surface area contributed by atoms with E-state index in [4.69, 9.17) is 5.11 Å². The van der Waals surface area contributed by atoms with Gasteiger partial charge in [-0.3, -0.25) is 4.79 Å². The summed E-state index contributed by atoms with van der Waals surface area (Å²) < 4.78 is 15.6. The third kappa shape index (κ3) is 7.70. The molecule has 1 fully saturated rings. The molecule has 5 rings (SSSR count). The molecule has 236 valence electrons. The third-order valence-electron chi connectivity index (χ3n) is 8.39. The van der Waals surface area contributed by atoms with E-state index in [0.717, 1.165) is 11.1 Å². The minimum Gasteiger partial charge on any atom is -0.465 e. The van der Waals surface area contributed by atoms with Crippen molar-refractivity contribution in [1.29, 1.82) is 0 Å². The van der Waals surface area contributed by atoms with E-state index in [1.165, 1.54) is 6.07 Å². The van der Waals surface area contributed by atoms with Crippen molar-refractivity contribution in [3.63, 3.8) is 0 Å². The number of hydrogen-bond donors (Lipinski definition) is 5. The number of nitrogens with zero attached hydrogens (tertiary/aromatic N) is 4. The number of hydrogen-bond acceptors (Lipinski definition) is 7. The number of carbonyl (C=O) groups excluding carboxylic acids is 1. The zero-order valence-electron chi connectivity index (χ0n) is 25.2. The maximum atomic E-state index is 15.6. The second-order valence-corrected chi connectivity index (χ2v) is 11.5. The number of aromatic amines is 1. The molecule has 3 aromatic carbocycles. The van der Waals surface area contributed by atoms with Crippen LogP contribution in [-0.2, 0) is 18.7 Å². The Labute approximate surface area is 260 Å². The molecule has 4 aromatic rings. The number of benzene rings is 3. The van der Waals surface area contributed by atoms with E-state index >= 15 is 4.39 Å². The number of piperidine rings is 1. The summed E-state index contributed by atoms with van der Waals surface area (Å²) in [5.74, 6) is -0.362. The number of aromatic nitrogens is 4. The molecule has 1 aliphatic rings. The van der Waals surface area contributed by atoms with Crippen LogP contribution in [0, 0.1) is 18.7 Å². The Kier molecular flexibility index (Phi) is 10.2. The van der Waals surface area contributed by atoms with Gasteiger partial charge in [-0.2, -0.15) is 0 Å². The molecule has 2 amide bonds. The largest absolute Gasteiger partial charge is 0.465 e. The minimum absolute atomic E-state index is 0.137. The molecule has 0 saturated carbocycles. The molecule has 1 aliphatic heterocycles. The van der Waals surface area contributed by atoms with E-state index in [0.29, 0.717) is 67.0 Å². The second-order valence-electron chi connectivity index (χ2n) is 11.5. The number of likely N-dealkylation sites (tertiary alicyclic amines) is 1. The zero-order chi connectivity index (χ0) is 31.8. The number of carboxylic acid groups (broad SMARTS) is 1. The summed E-state index contributed by atoms with van der Waals surface area (Å²) in [7, 11) is 0. The summed E-state index contributed by atoms with van der Waals surface area (Å²) in [5.41, 5.74) is 2.39. The Morgan fingerprint density at radius 3 is 2.64 bits per heavy atom. The Hall–Kier alpha value is -4.68. The maximum absolute atomic E-state index is 15.6. The van der Waals surface area contributed by atoms with Crippen molar-refractivity contribution in [2.75, 3.05) is 19.6 Å².